The van der Waals surface area contributed by atoms with Crippen LogP contribution in [0, 0.1) is 0 Å². The highest BCUT2D eigenvalue weighted by Crippen LogP contribution is 2.27. The van der Waals surface area contributed by atoms with Crippen LogP contribution in [0.4, 0.5) is 0 Å². The Bertz CT molecular complexity index is 675. The maximum absolute atomic E-state index is 12.9. The van der Waals surface area contributed by atoms with Crippen molar-refractivity contribution in [2.75, 3.05) is 19.6 Å². The second-order valence-corrected chi connectivity index (χ2v) is 6.23. The lowest BCUT2D eigenvalue weighted by molar-refractivity contribution is -0.0895. The van der Waals surface area contributed by atoms with Gasteiger partial charge in [-0.1, -0.05) is 67.6 Å². The van der Waals surface area contributed by atoms with Crippen LogP contribution >= 0.6 is 0 Å². The monoisotopic (exact) mass is 324 g/mol. The minimum Gasteiger partial charge on any atom is -0.368 e. The molecule has 2 unspecified atom stereocenters. The van der Waals surface area contributed by atoms with E-state index in [1.165, 1.54) is 5.56 Å². The standard InChI is InChI=1S/C20H24N2O2/c1-2-20(24,19(23)17-11-7-4-8-12-17)22-14-13-21-18(15-22)16-9-5-3-6-10-16/h3-12,18,21,24H,2,13-15H2,1H3. The fourth-order valence-electron chi connectivity index (χ4n) is 3.34. The van der Waals surface area contributed by atoms with Gasteiger partial charge in [-0.3, -0.25) is 9.69 Å². The van der Waals surface area contributed by atoms with Crippen LogP contribution in [0.3, 0.4) is 0 Å². The summed E-state index contributed by atoms with van der Waals surface area (Å²) in [4.78, 5) is 14.8. The predicted molar refractivity (Wildman–Crippen MR) is 94.8 cm³/mol. The Kier molecular flexibility index (Phi) is 5.09. The topological polar surface area (TPSA) is 52.6 Å². The Hall–Kier alpha value is -2.01. The van der Waals surface area contributed by atoms with Crippen molar-refractivity contribution in [2.24, 2.45) is 0 Å². The van der Waals surface area contributed by atoms with Crippen molar-refractivity contribution in [3.63, 3.8) is 0 Å². The summed E-state index contributed by atoms with van der Waals surface area (Å²) in [7, 11) is 0. The molecule has 24 heavy (non-hydrogen) atoms. The molecule has 0 spiro atoms. The summed E-state index contributed by atoms with van der Waals surface area (Å²) in [6.07, 6.45) is 0.363. The number of hydrogen-bond donors (Lipinski definition) is 2. The summed E-state index contributed by atoms with van der Waals surface area (Å²) in [6.45, 7) is 3.85. The first kappa shape index (κ1) is 16.8. The predicted octanol–water partition coefficient (Wildman–Crippen LogP) is 2.61. The lowest BCUT2D eigenvalue weighted by Crippen LogP contribution is -2.60. The summed E-state index contributed by atoms with van der Waals surface area (Å²) < 4.78 is 0. The van der Waals surface area contributed by atoms with E-state index in [1.54, 1.807) is 12.1 Å². The van der Waals surface area contributed by atoms with Gasteiger partial charge in [-0.25, -0.2) is 0 Å². The summed E-state index contributed by atoms with van der Waals surface area (Å²) >= 11 is 0. The molecule has 1 saturated heterocycles. The first-order valence-electron chi connectivity index (χ1n) is 8.50. The fraction of sp³-hybridized carbons (Fsp3) is 0.350. The van der Waals surface area contributed by atoms with Gasteiger partial charge in [-0.2, -0.15) is 0 Å². The Morgan fingerprint density at radius 3 is 2.42 bits per heavy atom. The number of ketones is 1. The molecule has 0 amide bonds. The summed E-state index contributed by atoms with van der Waals surface area (Å²) in [5.74, 6) is -0.223. The smallest absolute Gasteiger partial charge is 0.209 e. The third kappa shape index (κ3) is 3.26. The molecule has 4 heteroatoms. The number of carbonyl (C=O) groups is 1. The molecule has 1 aliphatic heterocycles. The van der Waals surface area contributed by atoms with Crippen molar-refractivity contribution in [1.82, 2.24) is 10.2 Å². The fourth-order valence-corrected chi connectivity index (χ4v) is 3.34. The van der Waals surface area contributed by atoms with Crippen LogP contribution in [-0.4, -0.2) is 41.1 Å². The summed E-state index contributed by atoms with van der Waals surface area (Å²) in [5, 5.41) is 14.7. The van der Waals surface area contributed by atoms with E-state index in [2.05, 4.69) is 17.4 Å². The zero-order chi connectivity index (χ0) is 17.0. The maximum atomic E-state index is 12.9. The number of rotatable bonds is 5. The number of nitrogens with one attached hydrogen (secondary N) is 1. The van der Waals surface area contributed by atoms with Crippen LogP contribution in [-0.2, 0) is 0 Å². The molecule has 3 rings (SSSR count). The summed E-state index contributed by atoms with van der Waals surface area (Å²) in [6, 6.07) is 19.3. The van der Waals surface area contributed by atoms with E-state index in [0.717, 1.165) is 6.54 Å². The molecule has 1 heterocycles. The molecule has 0 aromatic heterocycles. The Labute approximate surface area is 143 Å². The molecule has 2 atom stereocenters. The van der Waals surface area contributed by atoms with Crippen molar-refractivity contribution in [1.29, 1.82) is 0 Å². The molecular weight excluding hydrogens is 300 g/mol. The number of piperazine rings is 1. The van der Waals surface area contributed by atoms with Crippen LogP contribution in [0.2, 0.25) is 0 Å². The van der Waals surface area contributed by atoms with Gasteiger partial charge in [0.15, 0.2) is 5.72 Å². The normalized spacial score (nSPS) is 21.2. The molecule has 126 valence electrons. The van der Waals surface area contributed by atoms with E-state index in [-0.39, 0.29) is 11.8 Å². The van der Waals surface area contributed by atoms with Crippen LogP contribution in [0.1, 0.15) is 35.3 Å². The third-order valence-corrected chi connectivity index (χ3v) is 4.79. The van der Waals surface area contributed by atoms with E-state index in [0.29, 0.717) is 25.1 Å². The quantitative estimate of drug-likeness (QED) is 0.830. The molecule has 2 aromatic carbocycles. The SMILES string of the molecule is CCC(O)(C(=O)c1ccccc1)N1CCNC(c2ccccc2)C1. The molecule has 0 saturated carbocycles. The van der Waals surface area contributed by atoms with Crippen LogP contribution in [0.5, 0.6) is 0 Å². The molecule has 1 aliphatic rings. The lowest BCUT2D eigenvalue weighted by Gasteiger charge is -2.43. The van der Waals surface area contributed by atoms with Crippen molar-refractivity contribution >= 4 is 5.78 Å². The van der Waals surface area contributed by atoms with Crippen molar-refractivity contribution in [3.8, 4) is 0 Å². The van der Waals surface area contributed by atoms with E-state index >= 15 is 0 Å². The van der Waals surface area contributed by atoms with Crippen molar-refractivity contribution in [2.45, 2.75) is 25.1 Å². The Morgan fingerprint density at radius 1 is 1.17 bits per heavy atom. The molecule has 1 fully saturated rings. The lowest BCUT2D eigenvalue weighted by atomic mass is 9.94. The van der Waals surface area contributed by atoms with Gasteiger partial charge in [0.1, 0.15) is 0 Å². The third-order valence-electron chi connectivity index (χ3n) is 4.79. The highest BCUT2D eigenvalue weighted by atomic mass is 16.3. The molecule has 4 nitrogen and oxygen atoms in total. The number of Topliss-reactive ketones (excluding diaryl/α,β-unsaturated/α-hetero) is 1. The summed E-state index contributed by atoms with van der Waals surface area (Å²) in [5.41, 5.74) is 0.265. The van der Waals surface area contributed by atoms with Gasteiger partial charge >= 0.3 is 0 Å². The Morgan fingerprint density at radius 2 is 1.79 bits per heavy atom. The first-order valence-corrected chi connectivity index (χ1v) is 8.50. The number of hydrogen-bond acceptors (Lipinski definition) is 4. The van der Waals surface area contributed by atoms with Gasteiger partial charge in [0.25, 0.3) is 0 Å². The zero-order valence-corrected chi connectivity index (χ0v) is 14.0. The largest absolute Gasteiger partial charge is 0.368 e. The highest BCUT2D eigenvalue weighted by Gasteiger charge is 2.42. The van der Waals surface area contributed by atoms with Gasteiger partial charge < -0.3 is 10.4 Å². The van der Waals surface area contributed by atoms with Crippen LogP contribution in [0.25, 0.3) is 0 Å². The van der Waals surface area contributed by atoms with Gasteiger partial charge in [-0.15, -0.1) is 0 Å². The van der Waals surface area contributed by atoms with E-state index in [4.69, 9.17) is 0 Å². The maximum Gasteiger partial charge on any atom is 0.209 e. The van der Waals surface area contributed by atoms with E-state index in [9.17, 15) is 9.90 Å². The average molecular weight is 324 g/mol. The average Bonchev–Trinajstić information content (AvgIpc) is 2.68. The minimum absolute atomic E-state index is 0.113. The number of carbonyl (C=O) groups excluding carboxylic acids is 1. The minimum atomic E-state index is -1.46. The molecule has 2 aromatic rings. The van der Waals surface area contributed by atoms with E-state index < -0.39 is 5.72 Å². The van der Waals surface area contributed by atoms with E-state index in [1.807, 2.05) is 48.2 Å². The number of nitrogens with zero attached hydrogens (tertiary/aromatic N) is 1. The zero-order valence-electron chi connectivity index (χ0n) is 14.0. The molecule has 0 aliphatic carbocycles. The van der Waals surface area contributed by atoms with Crippen molar-refractivity contribution < 1.29 is 9.90 Å². The second-order valence-electron chi connectivity index (χ2n) is 6.23. The van der Waals surface area contributed by atoms with Gasteiger partial charge in [0.05, 0.1) is 0 Å². The van der Waals surface area contributed by atoms with Crippen LogP contribution < -0.4 is 5.32 Å². The molecule has 2 N–H and O–H groups in total. The van der Waals surface area contributed by atoms with Gasteiger partial charge in [0, 0.05) is 31.2 Å². The van der Waals surface area contributed by atoms with Crippen LogP contribution in [0.15, 0.2) is 60.7 Å². The highest BCUT2D eigenvalue weighted by molar-refractivity contribution is 6.01. The van der Waals surface area contributed by atoms with Gasteiger partial charge in [0.2, 0.25) is 5.78 Å². The Balaban J connectivity index is 1.83. The van der Waals surface area contributed by atoms with Gasteiger partial charge in [-0.05, 0) is 12.0 Å². The molecule has 0 bridgehead atoms. The number of aliphatic hydroxyl groups is 1. The first-order chi connectivity index (χ1) is 11.6. The van der Waals surface area contributed by atoms with Crippen molar-refractivity contribution in [3.05, 3.63) is 71.8 Å². The molecule has 0 radical (unpaired) electrons. The number of benzene rings is 2. The second kappa shape index (κ2) is 7.26. The molecular formula is C20H24N2O2.